The quantitative estimate of drug-likeness (QED) is 0.521. The predicted molar refractivity (Wildman–Crippen MR) is 143 cm³/mol. The van der Waals surface area contributed by atoms with Crippen LogP contribution >= 0.6 is 0 Å². The second-order valence-corrected chi connectivity index (χ2v) is 10.3. The van der Waals surface area contributed by atoms with Crippen LogP contribution < -0.4 is 4.90 Å². The number of aromatic nitrogens is 2. The largest absolute Gasteiger partial charge is 0.297 e. The normalized spacial score (nSPS) is 22.3. The number of nitrogens with zero attached hydrogens (tertiary/aromatic N) is 5. The van der Waals surface area contributed by atoms with E-state index in [2.05, 4.69) is 53.2 Å². The van der Waals surface area contributed by atoms with Gasteiger partial charge in [-0.3, -0.25) is 19.6 Å². The molecule has 1 fully saturated rings. The minimum absolute atomic E-state index is 0.0857. The van der Waals surface area contributed by atoms with Crippen molar-refractivity contribution < 1.29 is 4.79 Å². The first-order chi connectivity index (χ1) is 18.1. The lowest BCUT2D eigenvalue weighted by molar-refractivity contribution is -0.126. The van der Waals surface area contributed by atoms with Crippen molar-refractivity contribution >= 4 is 11.7 Å². The third kappa shape index (κ3) is 3.70. The SMILES string of the molecule is Cc1cccnc1CN1CCC2(CC1)C(=O)N(C1(c3ccccc3)C=CC=CC1)c1ncc(C#N)cc12. The number of fused-ring (bicyclic) bond motifs is 2. The Kier molecular flexibility index (Phi) is 5.73. The Balaban J connectivity index is 1.40. The van der Waals surface area contributed by atoms with Gasteiger partial charge in [-0.25, -0.2) is 4.98 Å². The van der Waals surface area contributed by atoms with E-state index in [1.165, 1.54) is 5.56 Å². The highest BCUT2D eigenvalue weighted by Crippen LogP contribution is 2.53. The Morgan fingerprint density at radius 1 is 1.05 bits per heavy atom. The van der Waals surface area contributed by atoms with Gasteiger partial charge in [-0.2, -0.15) is 5.26 Å². The Morgan fingerprint density at radius 3 is 2.57 bits per heavy atom. The molecule has 0 N–H and O–H groups in total. The summed E-state index contributed by atoms with van der Waals surface area (Å²) in [7, 11) is 0. The van der Waals surface area contributed by atoms with E-state index in [1.54, 1.807) is 6.20 Å². The van der Waals surface area contributed by atoms with E-state index < -0.39 is 11.0 Å². The lowest BCUT2D eigenvalue weighted by Crippen LogP contribution is -2.54. The topological polar surface area (TPSA) is 73.1 Å². The van der Waals surface area contributed by atoms with Gasteiger partial charge >= 0.3 is 0 Å². The van der Waals surface area contributed by atoms with E-state index in [1.807, 2.05) is 53.6 Å². The molecular weight excluding hydrogens is 458 g/mol. The molecule has 3 aromatic rings. The van der Waals surface area contributed by atoms with Gasteiger partial charge in [0, 0.05) is 24.5 Å². The highest BCUT2D eigenvalue weighted by molar-refractivity contribution is 6.09. The van der Waals surface area contributed by atoms with Gasteiger partial charge in [0.15, 0.2) is 0 Å². The average Bonchev–Trinajstić information content (AvgIpc) is 3.19. The number of hydrogen-bond acceptors (Lipinski definition) is 5. The lowest BCUT2D eigenvalue weighted by Gasteiger charge is -2.43. The zero-order valence-corrected chi connectivity index (χ0v) is 21.0. The van der Waals surface area contributed by atoms with E-state index in [9.17, 15) is 10.1 Å². The van der Waals surface area contributed by atoms with Gasteiger partial charge in [0.2, 0.25) is 5.91 Å². The van der Waals surface area contributed by atoms with Gasteiger partial charge in [-0.1, -0.05) is 60.7 Å². The summed E-state index contributed by atoms with van der Waals surface area (Å²) >= 11 is 0. The number of aryl methyl sites for hydroxylation is 1. The summed E-state index contributed by atoms with van der Waals surface area (Å²) in [6.07, 6.45) is 13.8. The van der Waals surface area contributed by atoms with Crippen molar-refractivity contribution in [3.8, 4) is 6.07 Å². The number of rotatable bonds is 4. The first-order valence-corrected chi connectivity index (χ1v) is 12.9. The average molecular weight is 488 g/mol. The monoisotopic (exact) mass is 487 g/mol. The van der Waals surface area contributed by atoms with Crippen LogP contribution in [0.1, 0.15) is 47.2 Å². The number of amides is 1. The number of piperidine rings is 1. The Morgan fingerprint density at radius 2 is 1.86 bits per heavy atom. The molecule has 1 atom stereocenters. The third-order valence-electron chi connectivity index (χ3n) is 8.26. The third-order valence-corrected chi connectivity index (χ3v) is 8.26. The zero-order chi connectivity index (χ0) is 25.5. The number of hydrogen-bond donors (Lipinski definition) is 0. The van der Waals surface area contributed by atoms with Crippen LogP contribution in [0.5, 0.6) is 0 Å². The molecule has 0 radical (unpaired) electrons. The molecule has 0 saturated carbocycles. The van der Waals surface area contributed by atoms with Crippen LogP contribution in [0.2, 0.25) is 0 Å². The Labute approximate surface area is 217 Å². The van der Waals surface area contributed by atoms with Gasteiger partial charge in [0.25, 0.3) is 0 Å². The summed E-state index contributed by atoms with van der Waals surface area (Å²) in [6.45, 7) is 4.41. The van der Waals surface area contributed by atoms with Crippen LogP contribution in [-0.2, 0) is 22.3 Å². The van der Waals surface area contributed by atoms with Crippen molar-refractivity contribution in [1.29, 1.82) is 5.26 Å². The molecule has 2 aliphatic heterocycles. The molecule has 2 aromatic heterocycles. The molecule has 6 rings (SSSR count). The van der Waals surface area contributed by atoms with Crippen LogP contribution in [0.25, 0.3) is 0 Å². The number of likely N-dealkylation sites (tertiary alicyclic amines) is 1. The molecule has 4 heterocycles. The lowest BCUT2D eigenvalue weighted by atomic mass is 9.73. The maximum absolute atomic E-state index is 14.6. The van der Waals surface area contributed by atoms with Crippen LogP contribution in [0.4, 0.5) is 5.82 Å². The fourth-order valence-electron chi connectivity index (χ4n) is 6.16. The minimum atomic E-state index is -0.693. The van der Waals surface area contributed by atoms with E-state index >= 15 is 0 Å². The fraction of sp³-hybridized carbons (Fsp3) is 0.290. The molecule has 6 heteroatoms. The van der Waals surface area contributed by atoms with Crippen molar-refractivity contribution in [2.75, 3.05) is 18.0 Å². The van der Waals surface area contributed by atoms with E-state index in [4.69, 9.17) is 4.98 Å². The number of nitriles is 1. The highest BCUT2D eigenvalue weighted by Gasteiger charge is 2.58. The first kappa shape index (κ1) is 23.3. The summed E-state index contributed by atoms with van der Waals surface area (Å²) in [5.74, 6) is 0.768. The van der Waals surface area contributed by atoms with Crippen molar-refractivity contribution in [2.45, 2.75) is 43.7 Å². The highest BCUT2D eigenvalue weighted by atomic mass is 16.2. The molecule has 0 bridgehead atoms. The minimum Gasteiger partial charge on any atom is -0.297 e. The van der Waals surface area contributed by atoms with Gasteiger partial charge in [-0.15, -0.1) is 0 Å². The van der Waals surface area contributed by atoms with Gasteiger partial charge in [0.05, 0.1) is 22.2 Å². The molecule has 3 aliphatic rings. The molecule has 6 nitrogen and oxygen atoms in total. The second kappa shape index (κ2) is 9.10. The molecule has 1 amide bonds. The smallest absolute Gasteiger partial charge is 0.240 e. The molecule has 1 unspecified atom stereocenters. The summed E-state index contributed by atoms with van der Waals surface area (Å²) in [6, 6.07) is 18.4. The van der Waals surface area contributed by atoms with Crippen LogP contribution in [0.15, 0.2) is 85.2 Å². The molecule has 37 heavy (non-hydrogen) atoms. The molecule has 1 aromatic carbocycles. The number of allylic oxidation sites excluding steroid dienone is 2. The molecule has 1 aliphatic carbocycles. The molecule has 1 spiro atoms. The van der Waals surface area contributed by atoms with Crippen molar-refractivity contribution in [2.24, 2.45) is 0 Å². The van der Waals surface area contributed by atoms with E-state index in [0.717, 1.165) is 36.5 Å². The fourth-order valence-corrected chi connectivity index (χ4v) is 6.16. The maximum atomic E-state index is 14.6. The van der Waals surface area contributed by atoms with Crippen molar-refractivity contribution in [3.05, 3.63) is 113 Å². The Bertz CT molecular complexity index is 1450. The summed E-state index contributed by atoms with van der Waals surface area (Å²) in [5.41, 5.74) is 3.35. The van der Waals surface area contributed by atoms with Gasteiger partial charge in [0.1, 0.15) is 11.9 Å². The molecular formula is C31H29N5O. The maximum Gasteiger partial charge on any atom is 0.240 e. The van der Waals surface area contributed by atoms with Gasteiger partial charge in [-0.05, 0) is 62.5 Å². The van der Waals surface area contributed by atoms with Crippen LogP contribution in [0.3, 0.4) is 0 Å². The molecule has 184 valence electrons. The summed E-state index contributed by atoms with van der Waals surface area (Å²) < 4.78 is 0. The van der Waals surface area contributed by atoms with Gasteiger partial charge < -0.3 is 0 Å². The van der Waals surface area contributed by atoms with Crippen LogP contribution in [-0.4, -0.2) is 33.9 Å². The van der Waals surface area contributed by atoms with Crippen molar-refractivity contribution in [3.63, 3.8) is 0 Å². The molecule has 1 saturated heterocycles. The Hall–Kier alpha value is -4.08. The standard InChI is InChI=1S/C31H29N5O/c1-23-9-8-16-33-27(23)22-35-17-14-30(15-18-35)26-19-24(20-32)21-34-28(26)36(29(30)37)31(12-6-3-7-13-31)25-10-4-2-5-11-25/h2-12,16,19,21H,13-15,17-18,22H2,1H3. The zero-order valence-electron chi connectivity index (χ0n) is 21.0. The number of carbonyl (C=O) groups excluding carboxylic acids is 1. The van der Waals surface area contributed by atoms with E-state index in [0.29, 0.717) is 30.6 Å². The number of benzene rings is 1. The van der Waals surface area contributed by atoms with E-state index in [-0.39, 0.29) is 5.91 Å². The first-order valence-electron chi connectivity index (χ1n) is 12.9. The summed E-state index contributed by atoms with van der Waals surface area (Å²) in [5, 5.41) is 9.67. The number of anilines is 1. The second-order valence-electron chi connectivity index (χ2n) is 10.3. The number of carbonyl (C=O) groups is 1. The van der Waals surface area contributed by atoms with Crippen molar-refractivity contribution in [1.82, 2.24) is 14.9 Å². The van der Waals surface area contributed by atoms with Crippen LogP contribution in [0, 0.1) is 18.3 Å². The predicted octanol–water partition coefficient (Wildman–Crippen LogP) is 4.95. The number of pyridine rings is 2. The summed E-state index contributed by atoms with van der Waals surface area (Å²) in [4.78, 5) is 28.3.